The normalized spacial score (nSPS) is 21.9. The largest absolute Gasteiger partial charge is 0.466 e. The van der Waals surface area contributed by atoms with Crippen molar-refractivity contribution in [1.82, 2.24) is 23.5 Å². The minimum atomic E-state index is -3.89. The van der Waals surface area contributed by atoms with Gasteiger partial charge in [-0.3, -0.25) is 4.79 Å². The number of hydrogen-bond acceptors (Lipinski definition) is 7. The van der Waals surface area contributed by atoms with Crippen LogP contribution in [0.2, 0.25) is 5.02 Å². The van der Waals surface area contributed by atoms with Crippen LogP contribution in [0.25, 0.3) is 33.5 Å². The fourth-order valence-electron chi connectivity index (χ4n) is 7.03. The Morgan fingerprint density at radius 2 is 1.77 bits per heavy atom. The Bertz CT molecular complexity index is 1970. The molecule has 5 aromatic rings. The molecule has 12 heteroatoms. The average molecular weight is 622 g/mol. The predicted octanol–water partition coefficient (Wildman–Crippen LogP) is 6.16. The van der Waals surface area contributed by atoms with Crippen molar-refractivity contribution in [1.29, 1.82) is 0 Å². The Morgan fingerprint density at radius 1 is 1.02 bits per heavy atom. The first-order valence-corrected chi connectivity index (χ1v) is 16.4. The van der Waals surface area contributed by atoms with E-state index >= 15 is 4.39 Å². The maximum Gasteiger partial charge on any atom is 0.311 e. The SMILES string of the molecule is CCOC(=O)[C@@H]1C2CCC(CC2)[C@H]1n1cc(F)c2cnc(-c3cn(S(=O)(=O)Cc4ccccc4)c4ncc(Cl)cc34)nc21. The van der Waals surface area contributed by atoms with Gasteiger partial charge >= 0.3 is 5.97 Å². The summed E-state index contributed by atoms with van der Waals surface area (Å²) in [6.45, 7) is 2.07. The van der Waals surface area contributed by atoms with Gasteiger partial charge in [0.15, 0.2) is 17.3 Å². The van der Waals surface area contributed by atoms with Gasteiger partial charge in [0.25, 0.3) is 0 Å². The molecule has 2 atom stereocenters. The van der Waals surface area contributed by atoms with E-state index in [1.54, 1.807) is 41.8 Å². The highest BCUT2D eigenvalue weighted by atomic mass is 35.5. The highest BCUT2D eigenvalue weighted by Crippen LogP contribution is 2.52. The second kappa shape index (κ2) is 10.7. The molecule has 0 radical (unpaired) electrons. The molecule has 43 heavy (non-hydrogen) atoms. The Labute approximate surface area is 252 Å². The van der Waals surface area contributed by atoms with Crippen molar-refractivity contribution in [3.05, 3.63) is 77.6 Å². The lowest BCUT2D eigenvalue weighted by molar-refractivity contribution is -0.157. The van der Waals surface area contributed by atoms with Crippen LogP contribution in [0.15, 0.2) is 61.2 Å². The van der Waals surface area contributed by atoms with Crippen molar-refractivity contribution in [2.45, 2.75) is 44.4 Å². The molecule has 3 fully saturated rings. The van der Waals surface area contributed by atoms with Gasteiger partial charge in [0.2, 0.25) is 10.0 Å². The van der Waals surface area contributed by atoms with Crippen LogP contribution in [0.1, 0.15) is 44.2 Å². The minimum absolute atomic E-state index is 0.164. The summed E-state index contributed by atoms with van der Waals surface area (Å²) in [6, 6.07) is 10.2. The van der Waals surface area contributed by atoms with Gasteiger partial charge in [-0.05, 0) is 56.1 Å². The molecule has 0 unspecified atom stereocenters. The van der Waals surface area contributed by atoms with Gasteiger partial charge in [-0.15, -0.1) is 0 Å². The van der Waals surface area contributed by atoms with E-state index in [-0.39, 0.29) is 53.1 Å². The zero-order chi connectivity index (χ0) is 29.9. The molecule has 1 aromatic carbocycles. The Hall–Kier alpha value is -3.83. The molecule has 8 rings (SSSR count). The van der Waals surface area contributed by atoms with E-state index in [1.165, 1.54) is 24.8 Å². The van der Waals surface area contributed by atoms with Gasteiger partial charge in [-0.2, -0.15) is 0 Å². The quantitative estimate of drug-likeness (QED) is 0.200. The van der Waals surface area contributed by atoms with Gasteiger partial charge in [0, 0.05) is 35.7 Å². The van der Waals surface area contributed by atoms with Crippen molar-refractivity contribution >= 4 is 49.7 Å². The third-order valence-electron chi connectivity index (χ3n) is 8.89. The number of halogens is 2. The van der Waals surface area contributed by atoms with Crippen LogP contribution >= 0.6 is 11.6 Å². The van der Waals surface area contributed by atoms with Gasteiger partial charge in [-0.25, -0.2) is 31.7 Å². The molecule has 4 heterocycles. The summed E-state index contributed by atoms with van der Waals surface area (Å²) in [5, 5.41) is 0.991. The summed E-state index contributed by atoms with van der Waals surface area (Å²) in [6.07, 6.45) is 9.43. The van der Waals surface area contributed by atoms with E-state index in [2.05, 4.69) is 9.97 Å². The van der Waals surface area contributed by atoms with Crippen LogP contribution in [0, 0.1) is 23.6 Å². The van der Waals surface area contributed by atoms with Gasteiger partial charge < -0.3 is 9.30 Å². The smallest absolute Gasteiger partial charge is 0.311 e. The molecule has 0 N–H and O–H groups in total. The first-order chi connectivity index (χ1) is 20.7. The van der Waals surface area contributed by atoms with Crippen molar-refractivity contribution in [3.63, 3.8) is 0 Å². The van der Waals surface area contributed by atoms with E-state index in [9.17, 15) is 13.2 Å². The number of carbonyl (C=O) groups excluding carboxylic acids is 1. The molecule has 3 aliphatic carbocycles. The third-order valence-corrected chi connectivity index (χ3v) is 10.7. The molecule has 2 bridgehead atoms. The van der Waals surface area contributed by atoms with Crippen LogP contribution in [-0.4, -0.2) is 44.5 Å². The summed E-state index contributed by atoms with van der Waals surface area (Å²) < 4.78 is 50.9. The molecule has 0 aliphatic heterocycles. The third kappa shape index (κ3) is 4.78. The van der Waals surface area contributed by atoms with Gasteiger partial charge in [0.05, 0.1) is 34.7 Å². The summed E-state index contributed by atoms with van der Waals surface area (Å²) in [7, 11) is -3.89. The van der Waals surface area contributed by atoms with E-state index in [1.807, 2.05) is 6.07 Å². The molecule has 4 aromatic heterocycles. The van der Waals surface area contributed by atoms with E-state index < -0.39 is 21.8 Å². The number of ether oxygens (including phenoxy) is 1. The number of esters is 1. The lowest BCUT2D eigenvalue weighted by atomic mass is 9.61. The fourth-order valence-corrected chi connectivity index (χ4v) is 8.62. The number of rotatable bonds is 7. The zero-order valence-corrected chi connectivity index (χ0v) is 24.9. The summed E-state index contributed by atoms with van der Waals surface area (Å²) in [5.41, 5.74) is 1.55. The van der Waals surface area contributed by atoms with Crippen LogP contribution in [0.4, 0.5) is 4.39 Å². The molecular weight excluding hydrogens is 593 g/mol. The highest BCUT2D eigenvalue weighted by molar-refractivity contribution is 7.89. The number of carbonyl (C=O) groups is 1. The number of aromatic nitrogens is 5. The van der Waals surface area contributed by atoms with Crippen molar-refractivity contribution in [3.8, 4) is 11.4 Å². The van der Waals surface area contributed by atoms with Crippen LogP contribution in [0.3, 0.4) is 0 Å². The number of pyridine rings is 1. The number of nitrogens with zero attached hydrogens (tertiary/aromatic N) is 5. The first kappa shape index (κ1) is 28.0. The monoisotopic (exact) mass is 621 g/mol. The maximum absolute atomic E-state index is 15.4. The zero-order valence-electron chi connectivity index (χ0n) is 23.4. The van der Waals surface area contributed by atoms with Crippen molar-refractivity contribution in [2.75, 3.05) is 6.61 Å². The average Bonchev–Trinajstić information content (AvgIpc) is 3.55. The summed E-state index contributed by atoms with van der Waals surface area (Å²) in [4.78, 5) is 26.8. The first-order valence-electron chi connectivity index (χ1n) is 14.4. The van der Waals surface area contributed by atoms with Crippen LogP contribution in [-0.2, 0) is 25.3 Å². The number of benzene rings is 1. The van der Waals surface area contributed by atoms with Crippen LogP contribution < -0.4 is 0 Å². The predicted molar refractivity (Wildman–Crippen MR) is 160 cm³/mol. The Kier molecular flexibility index (Phi) is 6.97. The van der Waals surface area contributed by atoms with Gasteiger partial charge in [-0.1, -0.05) is 41.9 Å². The summed E-state index contributed by atoms with van der Waals surface area (Å²) in [5.74, 6) is -0.835. The van der Waals surface area contributed by atoms with Crippen molar-refractivity contribution < 1.29 is 22.3 Å². The van der Waals surface area contributed by atoms with Crippen LogP contribution in [0.5, 0.6) is 0 Å². The van der Waals surface area contributed by atoms with E-state index in [4.69, 9.17) is 21.3 Å². The lowest BCUT2D eigenvalue weighted by Crippen LogP contribution is -2.45. The number of fused-ring (bicyclic) bond motifs is 5. The Balaban J connectivity index is 1.37. The maximum atomic E-state index is 15.4. The standard InChI is InChI=1S/C31H29ClFN5O4S/c1-2-42-31(39)26-19-8-10-20(11-9-19)27(26)37-16-25(33)23-14-34-28(36-30(23)37)24-15-38(29-22(24)12-21(32)13-35-29)43(40,41)17-18-6-4-3-5-7-18/h3-7,12-16,19-20,26-27H,2,8-11,17H2,1H3/t19?,20?,26-,27-/m1/s1. The Morgan fingerprint density at radius 3 is 2.51 bits per heavy atom. The number of hydrogen-bond donors (Lipinski definition) is 0. The van der Waals surface area contributed by atoms with Crippen molar-refractivity contribution in [2.24, 2.45) is 17.8 Å². The van der Waals surface area contributed by atoms with E-state index in [0.717, 1.165) is 29.7 Å². The molecule has 9 nitrogen and oxygen atoms in total. The molecule has 222 valence electrons. The lowest BCUT2D eigenvalue weighted by Gasteiger charge is -2.47. The second-order valence-electron chi connectivity index (χ2n) is 11.4. The molecule has 3 aliphatic rings. The fraction of sp³-hybridized carbons (Fsp3) is 0.355. The molecular formula is C31H29ClFN5O4S. The second-order valence-corrected chi connectivity index (χ2v) is 13.6. The van der Waals surface area contributed by atoms with Gasteiger partial charge in [0.1, 0.15) is 5.65 Å². The molecule has 0 amide bonds. The van der Waals surface area contributed by atoms with E-state index in [0.29, 0.717) is 27.2 Å². The molecule has 0 spiro atoms. The summed E-state index contributed by atoms with van der Waals surface area (Å²) >= 11 is 6.30. The highest BCUT2D eigenvalue weighted by Gasteiger charge is 2.49. The topological polar surface area (TPSA) is 109 Å². The molecule has 3 saturated carbocycles. The molecule has 0 saturated heterocycles. The minimum Gasteiger partial charge on any atom is -0.466 e.